The summed E-state index contributed by atoms with van der Waals surface area (Å²) < 4.78 is 5.12. The fourth-order valence-corrected chi connectivity index (χ4v) is 5.96. The minimum Gasteiger partial charge on any atom is -0.508 e. The van der Waals surface area contributed by atoms with Crippen LogP contribution in [-0.4, -0.2) is 29.6 Å². The number of ether oxygens (including phenoxy) is 1. The second-order valence-electron chi connectivity index (χ2n) is 8.69. The van der Waals surface area contributed by atoms with E-state index < -0.39 is 5.97 Å². The first-order valence-electron chi connectivity index (χ1n) is 9.69. The maximum absolute atomic E-state index is 12.3. The molecule has 1 unspecified atom stereocenters. The van der Waals surface area contributed by atoms with Crippen LogP contribution in [-0.2, 0) is 9.53 Å². The summed E-state index contributed by atoms with van der Waals surface area (Å²) in [7, 11) is 0. The summed E-state index contributed by atoms with van der Waals surface area (Å²) in [6.07, 6.45) is 7.83. The number of phenols is 1. The van der Waals surface area contributed by atoms with Crippen LogP contribution in [0.15, 0.2) is 24.3 Å². The van der Waals surface area contributed by atoms with Gasteiger partial charge in [-0.2, -0.15) is 0 Å². The molecule has 4 fully saturated rings. The zero-order chi connectivity index (χ0) is 18.3. The lowest BCUT2D eigenvalue weighted by atomic mass is 9.48. The second kappa shape index (κ2) is 6.60. The van der Waals surface area contributed by atoms with E-state index in [1.54, 1.807) is 0 Å². The summed E-state index contributed by atoms with van der Waals surface area (Å²) >= 11 is 0. The van der Waals surface area contributed by atoms with Crippen LogP contribution in [0.1, 0.15) is 55.8 Å². The molecule has 0 heterocycles. The number of carbonyl (C=O) groups excluding carboxylic acids is 2. The molecule has 2 N–H and O–H groups in total. The zero-order valence-electron chi connectivity index (χ0n) is 15.2. The van der Waals surface area contributed by atoms with E-state index in [1.807, 2.05) is 0 Å². The lowest BCUT2D eigenvalue weighted by Gasteiger charge is -2.59. The predicted molar refractivity (Wildman–Crippen MR) is 96.6 cm³/mol. The lowest BCUT2D eigenvalue weighted by molar-refractivity contribution is -0.128. The van der Waals surface area contributed by atoms with Crippen molar-refractivity contribution in [3.63, 3.8) is 0 Å². The molecule has 0 aliphatic heterocycles. The summed E-state index contributed by atoms with van der Waals surface area (Å²) in [4.78, 5) is 24.3. The van der Waals surface area contributed by atoms with E-state index in [1.165, 1.54) is 62.8 Å². The number of esters is 1. The van der Waals surface area contributed by atoms with E-state index in [0.29, 0.717) is 5.56 Å². The monoisotopic (exact) mass is 357 g/mol. The molecule has 26 heavy (non-hydrogen) atoms. The molecule has 1 atom stereocenters. The summed E-state index contributed by atoms with van der Waals surface area (Å²) in [5.74, 6) is 1.82. The van der Waals surface area contributed by atoms with Gasteiger partial charge in [0, 0.05) is 6.04 Å². The summed E-state index contributed by atoms with van der Waals surface area (Å²) in [6.45, 7) is 1.85. The minimum atomic E-state index is -0.553. The first-order valence-corrected chi connectivity index (χ1v) is 9.69. The molecule has 0 aromatic heterocycles. The normalized spacial score (nSPS) is 32.9. The van der Waals surface area contributed by atoms with E-state index in [-0.39, 0.29) is 29.7 Å². The van der Waals surface area contributed by atoms with Gasteiger partial charge in [-0.05, 0) is 92.9 Å². The van der Waals surface area contributed by atoms with Gasteiger partial charge in [0.25, 0.3) is 5.91 Å². The van der Waals surface area contributed by atoms with E-state index in [2.05, 4.69) is 12.2 Å². The van der Waals surface area contributed by atoms with Crippen LogP contribution in [0.5, 0.6) is 5.75 Å². The number of hydrogen-bond donors (Lipinski definition) is 2. The number of benzene rings is 1. The molecule has 1 aromatic rings. The highest BCUT2D eigenvalue weighted by Gasteiger charge is 2.53. The topological polar surface area (TPSA) is 75.6 Å². The molecule has 5 nitrogen and oxygen atoms in total. The van der Waals surface area contributed by atoms with Gasteiger partial charge in [-0.1, -0.05) is 0 Å². The fourth-order valence-electron chi connectivity index (χ4n) is 5.96. The summed E-state index contributed by atoms with van der Waals surface area (Å²) in [5.41, 5.74) is 0.565. The molecule has 5 rings (SSSR count). The average molecular weight is 357 g/mol. The third-order valence-electron chi connectivity index (χ3n) is 6.82. The van der Waals surface area contributed by atoms with Crippen molar-refractivity contribution in [2.75, 3.05) is 6.61 Å². The molecule has 140 valence electrons. The smallest absolute Gasteiger partial charge is 0.338 e. The van der Waals surface area contributed by atoms with Gasteiger partial charge in [-0.15, -0.1) is 0 Å². The molecule has 5 heteroatoms. The average Bonchev–Trinajstić information content (AvgIpc) is 2.59. The van der Waals surface area contributed by atoms with Gasteiger partial charge >= 0.3 is 5.97 Å². The number of amides is 1. The Kier molecular flexibility index (Phi) is 4.41. The maximum Gasteiger partial charge on any atom is 0.338 e. The van der Waals surface area contributed by atoms with Crippen molar-refractivity contribution < 1.29 is 19.4 Å². The lowest BCUT2D eigenvalue weighted by Crippen LogP contribution is -2.56. The number of phenolic OH excluding ortho intramolecular Hbond substituents is 1. The highest BCUT2D eigenvalue weighted by molar-refractivity contribution is 5.91. The Hall–Kier alpha value is -2.04. The van der Waals surface area contributed by atoms with Crippen LogP contribution in [0, 0.1) is 23.2 Å². The second-order valence-corrected chi connectivity index (χ2v) is 8.69. The molecular weight excluding hydrogens is 330 g/mol. The van der Waals surface area contributed by atoms with Crippen molar-refractivity contribution in [3.05, 3.63) is 29.8 Å². The van der Waals surface area contributed by atoms with Crippen molar-refractivity contribution in [1.82, 2.24) is 5.32 Å². The Labute approximate surface area is 154 Å². The Balaban J connectivity index is 1.31. The molecule has 0 spiro atoms. The number of carbonyl (C=O) groups is 2. The molecule has 4 aliphatic rings. The van der Waals surface area contributed by atoms with E-state index in [9.17, 15) is 14.7 Å². The molecule has 1 aromatic carbocycles. The molecule has 0 saturated heterocycles. The van der Waals surface area contributed by atoms with Gasteiger partial charge in [0.2, 0.25) is 0 Å². The molecule has 4 aliphatic carbocycles. The molecule has 4 bridgehead atoms. The van der Waals surface area contributed by atoms with E-state index in [4.69, 9.17) is 4.74 Å². The van der Waals surface area contributed by atoms with Crippen LogP contribution in [0.25, 0.3) is 0 Å². The highest BCUT2D eigenvalue weighted by Crippen LogP contribution is 2.61. The Morgan fingerprint density at radius 3 is 2.19 bits per heavy atom. The van der Waals surface area contributed by atoms with Gasteiger partial charge in [-0.25, -0.2) is 4.79 Å². The number of nitrogens with one attached hydrogen (secondary N) is 1. The van der Waals surface area contributed by atoms with Gasteiger partial charge in [0.15, 0.2) is 6.61 Å². The number of hydrogen-bond acceptors (Lipinski definition) is 4. The van der Waals surface area contributed by atoms with Crippen LogP contribution in [0.2, 0.25) is 0 Å². The summed E-state index contributed by atoms with van der Waals surface area (Å²) in [6, 6.07) is 5.93. The Bertz CT molecular complexity index is 661. The van der Waals surface area contributed by atoms with Crippen LogP contribution in [0.3, 0.4) is 0 Å². The molecular formula is C21H27NO4. The summed E-state index contributed by atoms with van der Waals surface area (Å²) in [5, 5.41) is 12.4. The molecule has 0 radical (unpaired) electrons. The Morgan fingerprint density at radius 1 is 1.12 bits per heavy atom. The van der Waals surface area contributed by atoms with Crippen molar-refractivity contribution >= 4 is 11.9 Å². The zero-order valence-corrected chi connectivity index (χ0v) is 15.2. The number of aromatic hydroxyl groups is 1. The Morgan fingerprint density at radius 2 is 1.65 bits per heavy atom. The first-order chi connectivity index (χ1) is 12.4. The fraction of sp³-hybridized carbons (Fsp3) is 0.619. The van der Waals surface area contributed by atoms with Gasteiger partial charge in [0.1, 0.15) is 5.75 Å². The van der Waals surface area contributed by atoms with Gasteiger partial charge < -0.3 is 15.2 Å². The van der Waals surface area contributed by atoms with Gasteiger partial charge in [0.05, 0.1) is 5.56 Å². The highest BCUT2D eigenvalue weighted by atomic mass is 16.5. The van der Waals surface area contributed by atoms with Gasteiger partial charge in [-0.3, -0.25) is 4.79 Å². The quantitative estimate of drug-likeness (QED) is 0.793. The van der Waals surface area contributed by atoms with Crippen molar-refractivity contribution in [2.45, 2.75) is 51.5 Å². The van der Waals surface area contributed by atoms with E-state index in [0.717, 1.165) is 17.8 Å². The standard InChI is InChI=1S/C21H27NO4/c1-13(21-9-14-6-15(10-21)8-16(7-14)11-21)22-19(24)12-26-20(25)17-2-4-18(23)5-3-17/h2-5,13-16,23H,6-12H2,1H3,(H,22,24). The van der Waals surface area contributed by atoms with Crippen LogP contribution >= 0.6 is 0 Å². The minimum absolute atomic E-state index is 0.0868. The van der Waals surface area contributed by atoms with Crippen molar-refractivity contribution in [2.24, 2.45) is 23.2 Å². The third-order valence-corrected chi connectivity index (χ3v) is 6.82. The van der Waals surface area contributed by atoms with Crippen LogP contribution in [0.4, 0.5) is 0 Å². The maximum atomic E-state index is 12.3. The van der Waals surface area contributed by atoms with Crippen molar-refractivity contribution in [1.29, 1.82) is 0 Å². The third kappa shape index (κ3) is 3.31. The molecule has 4 saturated carbocycles. The van der Waals surface area contributed by atoms with Crippen molar-refractivity contribution in [3.8, 4) is 5.75 Å². The largest absolute Gasteiger partial charge is 0.508 e. The molecule has 1 amide bonds. The SMILES string of the molecule is CC(NC(=O)COC(=O)c1ccc(O)cc1)C12CC3CC(CC(C3)C1)C2. The van der Waals surface area contributed by atoms with Crippen LogP contribution < -0.4 is 5.32 Å². The first kappa shape index (κ1) is 17.4. The predicted octanol–water partition coefficient (Wildman–Crippen LogP) is 3.27. The van der Waals surface area contributed by atoms with E-state index >= 15 is 0 Å². The number of rotatable bonds is 5.